The number of carbonyl (C=O) groups is 2. The maximum Gasteiger partial charge on any atom is 0.303 e. The number of rotatable bonds is 14. The average molecular weight is 447 g/mol. The minimum absolute atomic E-state index is 0.0857. The van der Waals surface area contributed by atoms with Crippen LogP contribution in [0, 0.1) is 11.8 Å². The lowest BCUT2D eigenvalue weighted by molar-refractivity contribution is -0.137. The molecule has 0 aliphatic heterocycles. The van der Waals surface area contributed by atoms with E-state index in [1.165, 1.54) is 0 Å². The van der Waals surface area contributed by atoms with Crippen molar-refractivity contribution in [2.45, 2.75) is 90.1 Å². The van der Waals surface area contributed by atoms with Gasteiger partial charge in [0.25, 0.3) is 0 Å². The second kappa shape index (κ2) is 13.3. The van der Waals surface area contributed by atoms with Crippen LogP contribution in [0.15, 0.2) is 11.3 Å². The van der Waals surface area contributed by atoms with Gasteiger partial charge in [-0.2, -0.15) is 0 Å². The molecule has 1 aliphatic rings. The lowest BCUT2D eigenvalue weighted by Gasteiger charge is -2.23. The number of carboxylic acids is 1. The van der Waals surface area contributed by atoms with E-state index in [-0.39, 0.29) is 30.5 Å². The van der Waals surface area contributed by atoms with Crippen LogP contribution in [-0.4, -0.2) is 38.5 Å². The third-order valence-electron chi connectivity index (χ3n) is 5.58. The van der Waals surface area contributed by atoms with Crippen molar-refractivity contribution in [3.63, 3.8) is 0 Å². The number of ketones is 1. The Morgan fingerprint density at radius 2 is 1.59 bits per heavy atom. The lowest BCUT2D eigenvalue weighted by Crippen LogP contribution is -2.23. The summed E-state index contributed by atoms with van der Waals surface area (Å²) in [5.41, 5.74) is 0.768. The number of aliphatic hydroxyl groups is 2. The summed E-state index contributed by atoms with van der Waals surface area (Å²) in [6.07, 6.45) is 8.45. The van der Waals surface area contributed by atoms with Crippen molar-refractivity contribution in [2.75, 3.05) is 5.33 Å². The van der Waals surface area contributed by atoms with Crippen LogP contribution < -0.4 is 0 Å². The summed E-state index contributed by atoms with van der Waals surface area (Å²) in [6, 6.07) is 0. The van der Waals surface area contributed by atoms with Crippen LogP contribution in [0.5, 0.6) is 0 Å². The van der Waals surface area contributed by atoms with E-state index in [0.29, 0.717) is 25.0 Å². The molecule has 3 atom stereocenters. The van der Waals surface area contributed by atoms with Crippen LogP contribution in [0.4, 0.5) is 0 Å². The van der Waals surface area contributed by atoms with Crippen molar-refractivity contribution >= 4 is 27.7 Å². The van der Waals surface area contributed by atoms with Gasteiger partial charge in [-0.25, -0.2) is 0 Å². The molecule has 0 bridgehead atoms. The first kappa shape index (κ1) is 24.2. The van der Waals surface area contributed by atoms with E-state index in [9.17, 15) is 19.8 Å². The van der Waals surface area contributed by atoms with Crippen molar-refractivity contribution in [1.29, 1.82) is 0 Å². The number of hydrogen-bond acceptors (Lipinski definition) is 4. The number of aliphatic hydroxyl groups excluding tert-OH is 2. The minimum Gasteiger partial charge on any atom is -0.512 e. The van der Waals surface area contributed by atoms with Crippen molar-refractivity contribution in [3.8, 4) is 0 Å². The first-order chi connectivity index (χ1) is 12.9. The zero-order valence-corrected chi connectivity index (χ0v) is 18.0. The number of alkyl halides is 1. The molecule has 1 rings (SSSR count). The molecule has 5 nitrogen and oxygen atoms in total. The second-order valence-corrected chi connectivity index (χ2v) is 8.49. The van der Waals surface area contributed by atoms with Gasteiger partial charge < -0.3 is 15.3 Å². The predicted molar refractivity (Wildman–Crippen MR) is 110 cm³/mol. The summed E-state index contributed by atoms with van der Waals surface area (Å²) in [5, 5.41) is 30.5. The first-order valence-electron chi connectivity index (χ1n) is 10.3. The van der Waals surface area contributed by atoms with E-state index in [0.717, 1.165) is 55.8 Å². The summed E-state index contributed by atoms with van der Waals surface area (Å²) < 4.78 is 0. The number of allylic oxidation sites excluding steroid dienone is 1. The van der Waals surface area contributed by atoms with Gasteiger partial charge in [-0.1, -0.05) is 48.0 Å². The van der Waals surface area contributed by atoms with Gasteiger partial charge in [-0.05, 0) is 38.2 Å². The third kappa shape index (κ3) is 8.77. The summed E-state index contributed by atoms with van der Waals surface area (Å²) in [4.78, 5) is 22.8. The maximum absolute atomic E-state index is 12.3. The molecule has 27 heavy (non-hydrogen) atoms. The molecule has 0 radical (unpaired) electrons. The normalized spacial score (nSPS) is 23.5. The van der Waals surface area contributed by atoms with Gasteiger partial charge in [0.2, 0.25) is 0 Å². The summed E-state index contributed by atoms with van der Waals surface area (Å²) >= 11 is 3.41. The van der Waals surface area contributed by atoms with E-state index in [2.05, 4.69) is 15.9 Å². The Kier molecular flexibility index (Phi) is 11.9. The monoisotopic (exact) mass is 446 g/mol. The van der Waals surface area contributed by atoms with Crippen molar-refractivity contribution < 1.29 is 24.9 Å². The Morgan fingerprint density at radius 1 is 1.00 bits per heavy atom. The fraction of sp³-hybridized carbons (Fsp3) is 0.810. The van der Waals surface area contributed by atoms with Gasteiger partial charge in [0, 0.05) is 36.4 Å². The quantitative estimate of drug-likeness (QED) is 0.194. The Bertz CT molecular complexity index is 503. The van der Waals surface area contributed by atoms with Crippen molar-refractivity contribution in [1.82, 2.24) is 0 Å². The van der Waals surface area contributed by atoms with E-state index in [4.69, 9.17) is 5.11 Å². The molecule has 0 aromatic rings. The number of hydrogen-bond donors (Lipinski definition) is 3. The molecular weight excluding hydrogens is 412 g/mol. The molecule has 6 heteroatoms. The molecule has 0 heterocycles. The molecule has 1 fully saturated rings. The molecule has 1 saturated carbocycles. The second-order valence-electron chi connectivity index (χ2n) is 7.70. The Balaban J connectivity index is 2.52. The van der Waals surface area contributed by atoms with Crippen molar-refractivity contribution in [3.05, 3.63) is 11.3 Å². The first-order valence-corrected chi connectivity index (χ1v) is 11.4. The van der Waals surface area contributed by atoms with E-state index < -0.39 is 12.1 Å². The Labute approximate surface area is 171 Å². The smallest absolute Gasteiger partial charge is 0.303 e. The minimum atomic E-state index is -0.771. The SMILES string of the molecule is CC(=C(O)CCCCCCBr)[C@@H]1[C@H](O)CC(=O)[C@@H]1CCCCCCC(=O)O. The maximum atomic E-state index is 12.3. The van der Waals surface area contributed by atoms with Gasteiger partial charge >= 0.3 is 5.97 Å². The number of halogens is 1. The van der Waals surface area contributed by atoms with Gasteiger partial charge in [-0.15, -0.1) is 0 Å². The molecule has 0 unspecified atom stereocenters. The van der Waals surface area contributed by atoms with E-state index in [1.807, 2.05) is 6.92 Å². The molecule has 0 amide bonds. The average Bonchev–Trinajstić information content (AvgIpc) is 2.90. The largest absolute Gasteiger partial charge is 0.512 e. The number of carbonyl (C=O) groups excluding carboxylic acids is 1. The molecule has 1 aliphatic carbocycles. The number of carboxylic acid groups (broad SMARTS) is 1. The molecule has 0 saturated heterocycles. The van der Waals surface area contributed by atoms with Crippen LogP contribution in [0.2, 0.25) is 0 Å². The summed E-state index contributed by atoms with van der Waals surface area (Å²) in [7, 11) is 0. The predicted octanol–water partition coefficient (Wildman–Crippen LogP) is 5.16. The van der Waals surface area contributed by atoms with Crippen LogP contribution in [0.1, 0.15) is 84.0 Å². The third-order valence-corrected chi connectivity index (χ3v) is 6.14. The highest BCUT2D eigenvalue weighted by Gasteiger charge is 2.42. The summed E-state index contributed by atoms with van der Waals surface area (Å²) in [6.45, 7) is 1.85. The number of Topliss-reactive ketones (excluding diaryl/α,β-unsaturated/α-hetero) is 1. The Hall–Kier alpha value is -0.880. The van der Waals surface area contributed by atoms with Gasteiger partial charge in [0.1, 0.15) is 5.78 Å². The van der Waals surface area contributed by atoms with Gasteiger partial charge in [-0.3, -0.25) is 9.59 Å². The molecule has 0 aromatic carbocycles. The molecule has 3 N–H and O–H groups in total. The van der Waals surface area contributed by atoms with Crippen LogP contribution in [0.3, 0.4) is 0 Å². The fourth-order valence-corrected chi connectivity index (χ4v) is 4.40. The standard InChI is InChI=1S/C21H35BrO5/c1-15(17(23)11-7-4-5-9-13-22)21-16(18(24)14-19(21)25)10-6-2-3-8-12-20(26)27/h16,19,21,23,25H,2-14H2,1H3,(H,26,27)/t16-,19+,21-/m0/s1. The van der Waals surface area contributed by atoms with Crippen LogP contribution >= 0.6 is 15.9 Å². The zero-order valence-electron chi connectivity index (χ0n) is 16.5. The Morgan fingerprint density at radius 3 is 2.22 bits per heavy atom. The van der Waals surface area contributed by atoms with E-state index >= 15 is 0 Å². The zero-order chi connectivity index (χ0) is 20.2. The number of aliphatic carboxylic acids is 1. The van der Waals surface area contributed by atoms with Crippen molar-refractivity contribution in [2.24, 2.45) is 11.8 Å². The number of unbranched alkanes of at least 4 members (excludes halogenated alkanes) is 6. The van der Waals surface area contributed by atoms with Gasteiger partial charge in [0.15, 0.2) is 0 Å². The van der Waals surface area contributed by atoms with E-state index in [1.54, 1.807) is 0 Å². The summed E-state index contributed by atoms with van der Waals surface area (Å²) in [5.74, 6) is -0.858. The molecular formula is C21H35BrO5. The van der Waals surface area contributed by atoms with Crippen LogP contribution in [0.25, 0.3) is 0 Å². The molecule has 0 aromatic heterocycles. The van der Waals surface area contributed by atoms with Gasteiger partial charge in [0.05, 0.1) is 11.9 Å². The topological polar surface area (TPSA) is 94.8 Å². The highest BCUT2D eigenvalue weighted by atomic mass is 79.9. The molecule has 156 valence electrons. The highest BCUT2D eigenvalue weighted by Crippen LogP contribution is 2.39. The molecule has 0 spiro atoms. The lowest BCUT2D eigenvalue weighted by atomic mass is 9.83. The highest BCUT2D eigenvalue weighted by molar-refractivity contribution is 9.09. The van der Waals surface area contributed by atoms with Crippen LogP contribution in [-0.2, 0) is 9.59 Å². The fourth-order valence-electron chi connectivity index (χ4n) is 4.01.